The Balaban J connectivity index is 1.43. The van der Waals surface area contributed by atoms with Crippen LogP contribution >= 0.6 is 0 Å². The summed E-state index contributed by atoms with van der Waals surface area (Å²) in [5.41, 5.74) is 2.99. The Morgan fingerprint density at radius 3 is 2.59 bits per heavy atom. The molecule has 5 rings (SSSR count). The van der Waals surface area contributed by atoms with Gasteiger partial charge in [0.25, 0.3) is 11.8 Å². The zero-order chi connectivity index (χ0) is 22.3. The van der Waals surface area contributed by atoms with Crippen molar-refractivity contribution in [3.63, 3.8) is 0 Å². The third-order valence-electron chi connectivity index (χ3n) is 7.21. The number of rotatable bonds is 3. The van der Waals surface area contributed by atoms with Crippen molar-refractivity contribution in [2.24, 2.45) is 5.92 Å². The molecule has 0 bridgehead atoms. The number of carbonyl (C=O) groups excluding carboxylic acids is 2. The van der Waals surface area contributed by atoms with Crippen molar-refractivity contribution >= 4 is 17.5 Å². The van der Waals surface area contributed by atoms with Gasteiger partial charge in [-0.05, 0) is 68.4 Å². The van der Waals surface area contributed by atoms with Gasteiger partial charge in [0.05, 0.1) is 5.69 Å². The smallest absolute Gasteiger partial charge is 0.270 e. The number of nitrogens with zero attached hydrogens (tertiary/aromatic N) is 2. The summed E-state index contributed by atoms with van der Waals surface area (Å²) >= 11 is 0. The zero-order valence-electron chi connectivity index (χ0n) is 19.1. The van der Waals surface area contributed by atoms with E-state index in [1.165, 1.54) is 30.4 Å². The van der Waals surface area contributed by atoms with Crippen LogP contribution in [0.5, 0.6) is 5.75 Å². The minimum Gasteiger partial charge on any atom is -0.476 e. The van der Waals surface area contributed by atoms with Crippen LogP contribution in [0.15, 0.2) is 42.5 Å². The topological polar surface area (TPSA) is 49.9 Å². The average molecular weight is 433 g/mol. The lowest BCUT2D eigenvalue weighted by molar-refractivity contribution is -0.132. The van der Waals surface area contributed by atoms with Crippen molar-refractivity contribution in [3.8, 4) is 5.75 Å². The maximum absolute atomic E-state index is 13.4. The second kappa shape index (κ2) is 8.27. The van der Waals surface area contributed by atoms with E-state index < -0.39 is 5.60 Å². The van der Waals surface area contributed by atoms with Crippen molar-refractivity contribution < 1.29 is 14.3 Å². The Morgan fingerprint density at radius 2 is 1.81 bits per heavy atom. The molecule has 0 atom stereocenters. The molecule has 3 aliphatic rings. The summed E-state index contributed by atoms with van der Waals surface area (Å²) in [5, 5.41) is 0. The lowest BCUT2D eigenvalue weighted by atomic mass is 9.88. The van der Waals surface area contributed by atoms with Crippen molar-refractivity contribution in [2.75, 3.05) is 18.0 Å². The highest BCUT2D eigenvalue weighted by Crippen LogP contribution is 2.40. The number of ether oxygens (including phenoxy) is 1. The molecule has 0 saturated heterocycles. The summed E-state index contributed by atoms with van der Waals surface area (Å²) in [7, 11) is 0. The lowest BCUT2D eigenvalue weighted by Crippen LogP contribution is -2.53. The molecule has 5 heteroatoms. The van der Waals surface area contributed by atoms with E-state index in [0.29, 0.717) is 36.9 Å². The predicted molar refractivity (Wildman–Crippen MR) is 125 cm³/mol. The fourth-order valence-electron chi connectivity index (χ4n) is 5.36. The molecule has 0 unspecified atom stereocenters. The van der Waals surface area contributed by atoms with Gasteiger partial charge >= 0.3 is 0 Å². The first-order valence-corrected chi connectivity index (χ1v) is 11.9. The summed E-state index contributed by atoms with van der Waals surface area (Å²) in [6.45, 7) is 5.70. The quantitative estimate of drug-likeness (QED) is 0.688. The van der Waals surface area contributed by atoms with Crippen LogP contribution in [0, 0.1) is 5.92 Å². The number of anilines is 1. The third-order valence-corrected chi connectivity index (χ3v) is 7.21. The zero-order valence-corrected chi connectivity index (χ0v) is 19.1. The highest BCUT2D eigenvalue weighted by molar-refractivity contribution is 6.04. The minimum absolute atomic E-state index is 0.0113. The Bertz CT molecular complexity index is 1040. The van der Waals surface area contributed by atoms with E-state index in [1.807, 2.05) is 47.9 Å². The van der Waals surface area contributed by atoms with Crippen molar-refractivity contribution in [1.82, 2.24) is 4.90 Å². The maximum Gasteiger partial charge on any atom is 0.270 e. The van der Waals surface area contributed by atoms with Crippen LogP contribution in [0.4, 0.5) is 5.69 Å². The molecule has 2 aromatic rings. The van der Waals surface area contributed by atoms with Crippen molar-refractivity contribution in [2.45, 2.75) is 64.5 Å². The van der Waals surface area contributed by atoms with E-state index in [-0.39, 0.29) is 11.8 Å². The molecule has 0 radical (unpaired) electrons. The van der Waals surface area contributed by atoms with E-state index >= 15 is 0 Å². The van der Waals surface area contributed by atoms with Crippen LogP contribution in [0.3, 0.4) is 0 Å². The van der Waals surface area contributed by atoms with Crippen molar-refractivity contribution in [1.29, 1.82) is 0 Å². The van der Waals surface area contributed by atoms with Crippen LogP contribution < -0.4 is 9.64 Å². The van der Waals surface area contributed by atoms with Crippen LogP contribution in [-0.4, -0.2) is 35.4 Å². The number of benzene rings is 2. The molecule has 0 aromatic heterocycles. The predicted octanol–water partition coefficient (Wildman–Crippen LogP) is 4.97. The maximum atomic E-state index is 13.4. The number of hydrogen-bond acceptors (Lipinski definition) is 3. The third kappa shape index (κ3) is 3.89. The van der Waals surface area contributed by atoms with Gasteiger partial charge in [-0.25, -0.2) is 0 Å². The monoisotopic (exact) mass is 432 g/mol. The van der Waals surface area contributed by atoms with Gasteiger partial charge in [-0.2, -0.15) is 0 Å². The molecule has 1 aliphatic carbocycles. The Kier molecular flexibility index (Phi) is 5.44. The minimum atomic E-state index is -0.899. The molecule has 2 aliphatic heterocycles. The fourth-order valence-corrected chi connectivity index (χ4v) is 5.36. The van der Waals surface area contributed by atoms with Crippen LogP contribution in [-0.2, 0) is 17.8 Å². The molecule has 1 saturated carbocycles. The van der Waals surface area contributed by atoms with E-state index in [2.05, 4.69) is 18.2 Å². The summed E-state index contributed by atoms with van der Waals surface area (Å²) in [6.07, 6.45) is 6.94. The van der Waals surface area contributed by atoms with Crippen LogP contribution in [0.1, 0.15) is 67.4 Å². The first-order chi connectivity index (χ1) is 15.4. The highest BCUT2D eigenvalue weighted by atomic mass is 16.5. The first kappa shape index (κ1) is 21.0. The molecular formula is C27H32N2O3. The molecule has 5 nitrogen and oxygen atoms in total. The Labute approximate surface area is 190 Å². The largest absolute Gasteiger partial charge is 0.476 e. The number of carbonyl (C=O) groups is 2. The van der Waals surface area contributed by atoms with Gasteiger partial charge in [-0.1, -0.05) is 43.5 Å². The summed E-state index contributed by atoms with van der Waals surface area (Å²) < 4.78 is 6.06. The summed E-state index contributed by atoms with van der Waals surface area (Å²) in [6, 6.07) is 13.9. The summed E-state index contributed by atoms with van der Waals surface area (Å²) in [4.78, 5) is 30.5. The van der Waals surface area contributed by atoms with Gasteiger partial charge in [0.2, 0.25) is 0 Å². The van der Waals surface area contributed by atoms with Gasteiger partial charge < -0.3 is 14.5 Å². The molecule has 168 valence electrons. The van der Waals surface area contributed by atoms with Gasteiger partial charge in [-0.3, -0.25) is 9.59 Å². The van der Waals surface area contributed by atoms with E-state index in [9.17, 15) is 9.59 Å². The number of hydrogen-bond donors (Lipinski definition) is 0. The Hall–Kier alpha value is -2.82. The standard InChI is InChI=1S/C27H32N2O3/c1-27(2)26(31)29(17-19-8-4-3-5-9-19)23-16-21(12-13-24(23)32-27)25(30)28-15-14-20-10-6-7-11-22(20)18-28/h6-7,10-13,16,19H,3-5,8-9,14-15,17-18H2,1-2H3. The molecule has 2 amide bonds. The molecule has 0 spiro atoms. The fraction of sp³-hybridized carbons (Fsp3) is 0.481. The second-order valence-corrected chi connectivity index (χ2v) is 9.96. The van der Waals surface area contributed by atoms with Crippen LogP contribution in [0.25, 0.3) is 0 Å². The van der Waals surface area contributed by atoms with Gasteiger partial charge in [0.15, 0.2) is 5.60 Å². The lowest BCUT2D eigenvalue weighted by Gasteiger charge is -2.41. The van der Waals surface area contributed by atoms with Gasteiger partial charge in [0, 0.05) is 25.2 Å². The molecule has 2 heterocycles. The van der Waals surface area contributed by atoms with Crippen LogP contribution in [0.2, 0.25) is 0 Å². The highest BCUT2D eigenvalue weighted by Gasteiger charge is 2.42. The average Bonchev–Trinajstić information content (AvgIpc) is 2.81. The Morgan fingerprint density at radius 1 is 1.06 bits per heavy atom. The van der Waals surface area contributed by atoms with E-state index in [1.54, 1.807) is 0 Å². The summed E-state index contributed by atoms with van der Waals surface area (Å²) in [5.74, 6) is 1.18. The van der Waals surface area contributed by atoms with Gasteiger partial charge in [-0.15, -0.1) is 0 Å². The van der Waals surface area contributed by atoms with Gasteiger partial charge in [0.1, 0.15) is 5.75 Å². The SMILES string of the molecule is CC1(C)Oc2ccc(C(=O)N3CCc4ccccc4C3)cc2N(CC2CCCCC2)C1=O. The molecule has 2 aromatic carbocycles. The number of amides is 2. The molecule has 1 fully saturated rings. The first-order valence-electron chi connectivity index (χ1n) is 11.9. The van der Waals surface area contributed by atoms with E-state index in [0.717, 1.165) is 24.9 Å². The molecule has 0 N–H and O–H groups in total. The number of fused-ring (bicyclic) bond motifs is 2. The van der Waals surface area contributed by atoms with E-state index in [4.69, 9.17) is 4.74 Å². The molecule has 32 heavy (non-hydrogen) atoms. The molecular weight excluding hydrogens is 400 g/mol. The van der Waals surface area contributed by atoms with Crippen molar-refractivity contribution in [3.05, 3.63) is 59.2 Å². The normalized spacial score (nSPS) is 20.4. The second-order valence-electron chi connectivity index (χ2n) is 9.96.